The molecule has 1 aliphatic heterocycles. The van der Waals surface area contributed by atoms with Gasteiger partial charge in [0.25, 0.3) is 0 Å². The summed E-state index contributed by atoms with van der Waals surface area (Å²) >= 11 is 0. The third kappa shape index (κ3) is 6.50. The molecule has 3 nitrogen and oxygen atoms in total. The molecular formula is C27H37F3N2O. The topological polar surface area (TPSA) is 32.3 Å². The number of carbonyl (C=O) groups is 1. The molecule has 182 valence electrons. The molecule has 33 heavy (non-hydrogen) atoms. The lowest BCUT2D eigenvalue weighted by Gasteiger charge is -2.38. The van der Waals surface area contributed by atoms with Gasteiger partial charge in [-0.15, -0.1) is 0 Å². The van der Waals surface area contributed by atoms with E-state index < -0.39 is 17.8 Å². The lowest BCUT2D eigenvalue weighted by Crippen LogP contribution is -2.51. The zero-order valence-corrected chi connectivity index (χ0v) is 20.1. The Hall–Kier alpha value is -2.08. The van der Waals surface area contributed by atoms with Gasteiger partial charge in [0.2, 0.25) is 5.91 Å². The van der Waals surface area contributed by atoms with E-state index in [-0.39, 0.29) is 17.9 Å². The SMILES string of the molecule is CCCCCCCCCCc1cc([C@H](N2NC(=O)CC2(C)C)C(F)(F)F)cc2ccccc12. The number of hydrogen-bond donors (Lipinski definition) is 1. The Morgan fingerprint density at radius 1 is 1.00 bits per heavy atom. The maximum Gasteiger partial charge on any atom is 0.409 e. The number of halogens is 3. The molecule has 3 rings (SSSR count). The van der Waals surface area contributed by atoms with Crippen LogP contribution in [-0.4, -0.2) is 22.6 Å². The Morgan fingerprint density at radius 2 is 1.64 bits per heavy atom. The standard InChI is InChI=1S/C27H37F3N2O/c1-4-5-6-7-8-9-10-11-14-20-17-22(18-21-15-12-13-16-23(20)21)25(27(28,29)30)32-26(2,3)19-24(33)31-32/h12-13,15-18,25H,4-11,14,19H2,1-3H3,(H,31,33)/t25-/m0/s1. The van der Waals surface area contributed by atoms with Crippen LogP contribution in [0.4, 0.5) is 13.2 Å². The van der Waals surface area contributed by atoms with Crippen molar-refractivity contribution < 1.29 is 18.0 Å². The third-order valence-electron chi connectivity index (χ3n) is 6.64. The van der Waals surface area contributed by atoms with Crippen LogP contribution < -0.4 is 5.43 Å². The van der Waals surface area contributed by atoms with Crippen molar-refractivity contribution in [3.63, 3.8) is 0 Å². The largest absolute Gasteiger partial charge is 0.409 e. The summed E-state index contributed by atoms with van der Waals surface area (Å²) in [7, 11) is 0. The fraction of sp³-hybridized carbons (Fsp3) is 0.593. The van der Waals surface area contributed by atoms with E-state index in [4.69, 9.17) is 0 Å². The first-order chi connectivity index (χ1) is 15.6. The van der Waals surface area contributed by atoms with Crippen LogP contribution in [-0.2, 0) is 11.2 Å². The van der Waals surface area contributed by atoms with Crippen molar-refractivity contribution >= 4 is 16.7 Å². The second kappa shape index (κ2) is 10.9. The van der Waals surface area contributed by atoms with Crippen LogP contribution in [0.2, 0.25) is 0 Å². The summed E-state index contributed by atoms with van der Waals surface area (Å²) in [6.07, 6.45) is 5.78. The molecule has 0 spiro atoms. The number of carbonyl (C=O) groups excluding carboxylic acids is 1. The van der Waals surface area contributed by atoms with Crippen LogP contribution in [0.3, 0.4) is 0 Å². The van der Waals surface area contributed by atoms with Crippen LogP contribution in [0.15, 0.2) is 36.4 Å². The lowest BCUT2D eigenvalue weighted by molar-refractivity contribution is -0.203. The van der Waals surface area contributed by atoms with Gasteiger partial charge in [0.1, 0.15) is 0 Å². The summed E-state index contributed by atoms with van der Waals surface area (Å²) in [5.41, 5.74) is 2.68. The molecule has 1 N–H and O–H groups in total. The van der Waals surface area contributed by atoms with Gasteiger partial charge in [-0.3, -0.25) is 10.2 Å². The van der Waals surface area contributed by atoms with Gasteiger partial charge in [0.15, 0.2) is 6.04 Å². The van der Waals surface area contributed by atoms with E-state index in [9.17, 15) is 18.0 Å². The second-order valence-corrected chi connectivity index (χ2v) is 9.96. The number of nitrogens with zero attached hydrogens (tertiary/aromatic N) is 1. The van der Waals surface area contributed by atoms with Crippen molar-refractivity contribution in [2.24, 2.45) is 0 Å². The number of alkyl halides is 3. The lowest BCUT2D eigenvalue weighted by atomic mass is 9.91. The Bertz CT molecular complexity index is 939. The highest BCUT2D eigenvalue weighted by molar-refractivity contribution is 5.86. The predicted molar refractivity (Wildman–Crippen MR) is 128 cm³/mol. The van der Waals surface area contributed by atoms with Crippen LogP contribution in [0, 0.1) is 0 Å². The zero-order chi connectivity index (χ0) is 24.1. The monoisotopic (exact) mass is 462 g/mol. The van der Waals surface area contributed by atoms with E-state index in [2.05, 4.69) is 12.3 Å². The van der Waals surface area contributed by atoms with Crippen molar-refractivity contribution in [1.29, 1.82) is 0 Å². The molecule has 0 bridgehead atoms. The normalized spacial score (nSPS) is 17.5. The quantitative estimate of drug-likeness (QED) is 0.348. The number of rotatable bonds is 11. The van der Waals surface area contributed by atoms with E-state index >= 15 is 0 Å². The molecule has 1 heterocycles. The average Bonchev–Trinajstić information content (AvgIpc) is 3.00. The summed E-state index contributed by atoms with van der Waals surface area (Å²) in [6, 6.07) is 9.11. The fourth-order valence-electron chi connectivity index (χ4n) is 4.93. The molecule has 6 heteroatoms. The molecule has 0 aliphatic carbocycles. The van der Waals surface area contributed by atoms with E-state index in [1.807, 2.05) is 24.3 Å². The second-order valence-electron chi connectivity index (χ2n) is 9.96. The third-order valence-corrected chi connectivity index (χ3v) is 6.64. The summed E-state index contributed by atoms with van der Waals surface area (Å²) in [5, 5.41) is 2.91. The van der Waals surface area contributed by atoms with Gasteiger partial charge >= 0.3 is 6.18 Å². The van der Waals surface area contributed by atoms with E-state index in [0.29, 0.717) is 0 Å². The molecule has 1 fully saturated rings. The molecule has 1 aliphatic rings. The molecular weight excluding hydrogens is 425 g/mol. The molecule has 2 aromatic carbocycles. The molecule has 2 aromatic rings. The van der Waals surface area contributed by atoms with Crippen molar-refractivity contribution in [2.75, 3.05) is 0 Å². The minimum atomic E-state index is -4.52. The highest BCUT2D eigenvalue weighted by Gasteiger charge is 2.53. The van der Waals surface area contributed by atoms with Crippen molar-refractivity contribution in [2.45, 2.75) is 103 Å². The molecule has 0 unspecified atom stereocenters. The summed E-state index contributed by atoms with van der Waals surface area (Å²) in [5.74, 6) is -0.380. The minimum Gasteiger partial charge on any atom is -0.287 e. The van der Waals surface area contributed by atoms with Crippen LogP contribution in [0.5, 0.6) is 0 Å². The smallest absolute Gasteiger partial charge is 0.287 e. The van der Waals surface area contributed by atoms with Gasteiger partial charge in [0.05, 0.1) is 0 Å². The van der Waals surface area contributed by atoms with Crippen molar-refractivity contribution in [3.8, 4) is 0 Å². The Labute approximate surface area is 195 Å². The number of fused-ring (bicyclic) bond motifs is 1. The number of benzene rings is 2. The van der Waals surface area contributed by atoms with Crippen LogP contribution in [0.25, 0.3) is 10.8 Å². The van der Waals surface area contributed by atoms with Gasteiger partial charge < -0.3 is 0 Å². The molecule has 1 atom stereocenters. The summed E-state index contributed by atoms with van der Waals surface area (Å²) < 4.78 is 43.0. The fourth-order valence-corrected chi connectivity index (χ4v) is 4.93. The van der Waals surface area contributed by atoms with Crippen LogP contribution >= 0.6 is 0 Å². The number of hydrogen-bond acceptors (Lipinski definition) is 2. The first kappa shape index (κ1) is 25.5. The number of hydrazine groups is 1. The van der Waals surface area contributed by atoms with E-state index in [1.165, 1.54) is 38.5 Å². The maximum absolute atomic E-state index is 14.3. The number of amides is 1. The van der Waals surface area contributed by atoms with E-state index in [1.54, 1.807) is 26.0 Å². The Morgan fingerprint density at radius 3 is 2.24 bits per heavy atom. The molecule has 0 aromatic heterocycles. The predicted octanol–water partition coefficient (Wildman–Crippen LogP) is 7.64. The van der Waals surface area contributed by atoms with Crippen molar-refractivity contribution in [1.82, 2.24) is 10.4 Å². The minimum absolute atomic E-state index is 0.0400. The number of aryl methyl sites for hydroxylation is 1. The number of nitrogens with one attached hydrogen (secondary N) is 1. The molecule has 0 saturated carbocycles. The van der Waals surface area contributed by atoms with Gasteiger partial charge in [-0.1, -0.05) is 82.2 Å². The van der Waals surface area contributed by atoms with Gasteiger partial charge in [-0.05, 0) is 54.7 Å². The van der Waals surface area contributed by atoms with E-state index in [0.717, 1.165) is 40.6 Å². The molecule has 1 saturated heterocycles. The summed E-state index contributed by atoms with van der Waals surface area (Å²) in [4.78, 5) is 12.0. The Balaban J connectivity index is 1.83. The molecule has 0 radical (unpaired) electrons. The Kier molecular flexibility index (Phi) is 8.43. The first-order valence-corrected chi connectivity index (χ1v) is 12.3. The average molecular weight is 463 g/mol. The van der Waals surface area contributed by atoms with Crippen molar-refractivity contribution in [3.05, 3.63) is 47.5 Å². The number of unbranched alkanes of at least 4 members (excludes halogenated alkanes) is 7. The maximum atomic E-state index is 14.3. The van der Waals surface area contributed by atoms with Crippen LogP contribution in [0.1, 0.15) is 95.7 Å². The summed E-state index contributed by atoms with van der Waals surface area (Å²) in [6.45, 7) is 5.55. The molecule has 1 amide bonds. The first-order valence-electron chi connectivity index (χ1n) is 12.3. The highest BCUT2D eigenvalue weighted by Crippen LogP contribution is 2.44. The van der Waals surface area contributed by atoms with Gasteiger partial charge in [0, 0.05) is 12.0 Å². The highest BCUT2D eigenvalue weighted by atomic mass is 19.4. The zero-order valence-electron chi connectivity index (χ0n) is 20.1. The van der Waals surface area contributed by atoms with Gasteiger partial charge in [-0.2, -0.15) is 18.2 Å². The van der Waals surface area contributed by atoms with Gasteiger partial charge in [-0.25, -0.2) is 0 Å².